The van der Waals surface area contributed by atoms with Crippen LogP contribution in [-0.4, -0.2) is 10.9 Å². The minimum Gasteiger partial charge on any atom is -0.594 e. The van der Waals surface area contributed by atoms with Gasteiger partial charge >= 0.3 is 0 Å². The summed E-state index contributed by atoms with van der Waals surface area (Å²) in [6, 6.07) is 1.98. The largest absolute Gasteiger partial charge is 0.594 e. The summed E-state index contributed by atoms with van der Waals surface area (Å²) in [4.78, 5) is 13.3. The van der Waals surface area contributed by atoms with Crippen LogP contribution in [-0.2, 0) is 103 Å². The standard InChI is InChI=1S/C11H9N2O2S.3W.Y/c1-5-3-8-11(16-5)10-7(4-15-8)9(6(2)14)12-13-10;;;;/h3H,2,4H2,1H3,(H,12,13,14);;;;/q-1;;;;/p-1. The second kappa shape index (κ2) is 9.53. The second-order valence-corrected chi connectivity index (χ2v) is 4.89. The van der Waals surface area contributed by atoms with Crippen molar-refractivity contribution in [3.05, 3.63) is 29.1 Å². The normalized spacial score (nSPS) is 10.2. The summed E-state index contributed by atoms with van der Waals surface area (Å²) in [7, 11) is 0. The molecule has 4 nitrogen and oxygen atoms in total. The van der Waals surface area contributed by atoms with Gasteiger partial charge in [0.25, 0.3) is 0 Å². The monoisotopic (exact) mass is 873 g/mol. The van der Waals surface area contributed by atoms with Gasteiger partial charge in [0.05, 0.1) is 11.5 Å². The molecule has 20 heavy (non-hydrogen) atoms. The molecule has 9 heteroatoms. The molecular weight excluding hydrogens is 865 g/mol. The number of rotatable bonds is 1. The predicted molar refractivity (Wildman–Crippen MR) is 59.6 cm³/mol. The molecule has 3 rings (SSSR count). The van der Waals surface area contributed by atoms with Gasteiger partial charge in [-0.2, -0.15) is 6.92 Å². The number of nitrogens with zero attached hydrogens (tertiary/aromatic N) is 2. The van der Waals surface area contributed by atoms with E-state index in [4.69, 9.17) is 4.74 Å². The molecule has 103 valence electrons. The first-order valence-electron chi connectivity index (χ1n) is 4.79. The number of aromatic nitrogens is 2. The number of carbonyl (C=O) groups is 1. The van der Waals surface area contributed by atoms with Gasteiger partial charge in [0, 0.05) is 107 Å². The molecule has 2 aromatic rings. The number of ketones is 1. The maximum Gasteiger partial charge on any atom is 0.136 e. The molecule has 0 bridgehead atoms. The summed E-state index contributed by atoms with van der Waals surface area (Å²) in [5.41, 5.74) is 1.85. The van der Waals surface area contributed by atoms with Gasteiger partial charge in [-0.05, 0) is 13.0 Å². The first-order chi connectivity index (χ1) is 7.66. The maximum absolute atomic E-state index is 11.2. The number of carbonyl (C=O) groups excluding carboxylic acids is 1. The third kappa shape index (κ3) is 4.24. The van der Waals surface area contributed by atoms with E-state index in [1.54, 1.807) is 11.3 Å². The van der Waals surface area contributed by atoms with Crippen LogP contribution in [0.4, 0.5) is 0 Å². The van der Waals surface area contributed by atoms with E-state index in [-0.39, 0.29) is 102 Å². The number of fused-ring (bicyclic) bond motifs is 3. The van der Waals surface area contributed by atoms with Crippen molar-refractivity contribution in [3.63, 3.8) is 0 Å². The van der Waals surface area contributed by atoms with Crippen LogP contribution in [0.5, 0.6) is 5.75 Å². The van der Waals surface area contributed by atoms with Gasteiger partial charge in [0.15, 0.2) is 0 Å². The van der Waals surface area contributed by atoms with Crippen molar-refractivity contribution < 1.29 is 105 Å². The topological polar surface area (TPSA) is 53.3 Å². The minimum absolute atomic E-state index is 0. The summed E-state index contributed by atoms with van der Waals surface area (Å²) in [5, 5.41) is 7.92. The number of hydrogen-bond donors (Lipinski definition) is 0. The van der Waals surface area contributed by atoms with E-state index in [1.165, 1.54) is 0 Å². The molecule has 0 amide bonds. The fourth-order valence-corrected chi connectivity index (χ4v) is 2.76. The number of aryl methyl sites for hydroxylation is 1. The molecule has 3 heterocycles. The molecule has 0 unspecified atom stereocenters. The van der Waals surface area contributed by atoms with E-state index in [9.17, 15) is 4.79 Å². The molecule has 0 N–H and O–H groups in total. The Morgan fingerprint density at radius 1 is 1.45 bits per heavy atom. The Labute approximate surface area is 189 Å². The second-order valence-electron chi connectivity index (χ2n) is 3.64. The average Bonchev–Trinajstić information content (AvgIpc) is 2.77. The molecular formula is C11H8N2O2SW3Y-2. The van der Waals surface area contributed by atoms with Crippen molar-refractivity contribution >= 4 is 17.1 Å². The number of ether oxygens (including phenoxy) is 1. The SMILES string of the molecule is [CH2-]C(=O)c1n[n-]c2c1COc1cc(C)sc1-2.[W].[W].[W].[Y]. The van der Waals surface area contributed by atoms with Crippen LogP contribution >= 0.6 is 11.3 Å². The van der Waals surface area contributed by atoms with Gasteiger partial charge in [-0.15, -0.1) is 17.0 Å². The van der Waals surface area contributed by atoms with Crippen molar-refractivity contribution in [2.24, 2.45) is 0 Å². The van der Waals surface area contributed by atoms with Crippen LogP contribution < -0.4 is 9.84 Å². The van der Waals surface area contributed by atoms with E-state index >= 15 is 0 Å². The quantitative estimate of drug-likeness (QED) is 0.326. The molecule has 2 aromatic heterocycles. The molecule has 0 saturated heterocycles. The third-order valence-electron chi connectivity index (χ3n) is 2.49. The molecule has 1 aliphatic rings. The van der Waals surface area contributed by atoms with E-state index < -0.39 is 0 Å². The zero-order chi connectivity index (χ0) is 11.3. The minimum atomic E-state index is -0.311. The van der Waals surface area contributed by atoms with E-state index in [0.29, 0.717) is 12.3 Å². The van der Waals surface area contributed by atoms with Crippen molar-refractivity contribution in [1.29, 1.82) is 0 Å². The fraction of sp³-hybridized carbons (Fsp3) is 0.182. The molecule has 0 aliphatic carbocycles. The van der Waals surface area contributed by atoms with Gasteiger partial charge in [0.2, 0.25) is 0 Å². The van der Waals surface area contributed by atoms with Crippen LogP contribution in [0.1, 0.15) is 20.9 Å². The Hall–Kier alpha value is 1.42. The molecule has 0 saturated carbocycles. The average molecular weight is 873 g/mol. The molecule has 1 radical (unpaired) electrons. The zero-order valence-corrected chi connectivity index (χ0v) is 22.9. The van der Waals surface area contributed by atoms with Crippen LogP contribution in [0, 0.1) is 13.8 Å². The summed E-state index contributed by atoms with van der Waals surface area (Å²) >= 11 is 1.60. The van der Waals surface area contributed by atoms with Gasteiger partial charge in [-0.1, -0.05) is 11.3 Å². The Balaban J connectivity index is 0. The van der Waals surface area contributed by atoms with Gasteiger partial charge in [-0.25, -0.2) is 0 Å². The molecule has 0 fully saturated rings. The van der Waals surface area contributed by atoms with Gasteiger partial charge in [-0.3, -0.25) is 0 Å². The van der Waals surface area contributed by atoms with Crippen molar-refractivity contribution in [2.45, 2.75) is 13.5 Å². The van der Waals surface area contributed by atoms with E-state index in [0.717, 1.165) is 26.8 Å². The first-order valence-corrected chi connectivity index (χ1v) is 5.60. The molecule has 0 atom stereocenters. The Morgan fingerprint density at radius 3 is 2.70 bits per heavy atom. The summed E-state index contributed by atoms with van der Waals surface area (Å²) in [6.07, 6.45) is 0. The predicted octanol–water partition coefficient (Wildman–Crippen LogP) is 1.97. The summed E-state index contributed by atoms with van der Waals surface area (Å²) in [6.45, 7) is 5.72. The summed E-state index contributed by atoms with van der Waals surface area (Å²) < 4.78 is 5.57. The molecule has 0 spiro atoms. The van der Waals surface area contributed by atoms with Crippen molar-refractivity contribution in [3.8, 4) is 16.3 Å². The fourth-order valence-electron chi connectivity index (χ4n) is 1.79. The number of Topliss-reactive ketones (excluding diaryl/α,β-unsaturated/α-hetero) is 1. The van der Waals surface area contributed by atoms with Crippen LogP contribution in [0.25, 0.3) is 10.6 Å². The Morgan fingerprint density at radius 2 is 2.10 bits per heavy atom. The zero-order valence-electron chi connectivity index (χ0n) is 10.4. The third-order valence-corrected chi connectivity index (χ3v) is 3.53. The Kier molecular flexibility index (Phi) is 11.3. The summed E-state index contributed by atoms with van der Waals surface area (Å²) in [5.74, 6) is 0.520. The number of hydrogen-bond acceptors (Lipinski definition) is 4. The van der Waals surface area contributed by atoms with Crippen molar-refractivity contribution in [2.75, 3.05) is 0 Å². The van der Waals surface area contributed by atoms with Crippen LogP contribution in [0.15, 0.2) is 6.07 Å². The van der Waals surface area contributed by atoms with Gasteiger partial charge in [0.1, 0.15) is 5.75 Å². The first kappa shape index (κ1) is 23.7. The molecule has 1 aliphatic heterocycles. The smallest absolute Gasteiger partial charge is 0.136 e. The van der Waals surface area contributed by atoms with E-state index in [2.05, 4.69) is 17.1 Å². The Bertz CT molecular complexity index is 601. The maximum atomic E-state index is 11.2. The van der Waals surface area contributed by atoms with Crippen LogP contribution in [0.3, 0.4) is 0 Å². The number of thiophene rings is 1. The van der Waals surface area contributed by atoms with E-state index in [1.807, 2.05) is 13.0 Å². The molecule has 0 aromatic carbocycles. The van der Waals surface area contributed by atoms with Crippen LogP contribution in [0.2, 0.25) is 0 Å². The van der Waals surface area contributed by atoms with Gasteiger partial charge < -0.3 is 19.7 Å². The van der Waals surface area contributed by atoms with Crippen molar-refractivity contribution in [1.82, 2.24) is 10.2 Å².